The highest BCUT2D eigenvalue weighted by Crippen LogP contribution is 2.30. The Bertz CT molecular complexity index is 1030. The second-order valence-electron chi connectivity index (χ2n) is 9.31. The Morgan fingerprint density at radius 1 is 1.26 bits per heavy atom. The number of rotatable bonds is 12. The molecule has 0 bridgehead atoms. The molecule has 0 aliphatic heterocycles. The van der Waals surface area contributed by atoms with E-state index in [9.17, 15) is 14.0 Å². The van der Waals surface area contributed by atoms with E-state index in [0.29, 0.717) is 42.9 Å². The Hall–Kier alpha value is -2.75. The Labute approximate surface area is 204 Å². The van der Waals surface area contributed by atoms with E-state index in [0.717, 1.165) is 23.5 Å². The average Bonchev–Trinajstić information content (AvgIpc) is 3.46. The Morgan fingerprint density at radius 2 is 2.03 bits per heavy atom. The minimum Gasteiger partial charge on any atom is -0.357 e. The topological polar surface area (TPSA) is 101 Å². The summed E-state index contributed by atoms with van der Waals surface area (Å²) in [5.74, 6) is 0.196. The maximum absolute atomic E-state index is 14.6. The van der Waals surface area contributed by atoms with Crippen LogP contribution < -0.4 is 21.5 Å². The van der Waals surface area contributed by atoms with Gasteiger partial charge < -0.3 is 15.2 Å². The average molecular weight is 491 g/mol. The predicted octanol–water partition coefficient (Wildman–Crippen LogP) is 5.15. The fourth-order valence-electron chi connectivity index (χ4n) is 4.03. The third-order valence-corrected chi connectivity index (χ3v) is 6.72. The first kappa shape index (κ1) is 25.9. The quantitative estimate of drug-likeness (QED) is 0.358. The van der Waals surface area contributed by atoms with Crippen LogP contribution in [-0.2, 0) is 13.0 Å². The molecule has 1 saturated carbocycles. The number of aromatic nitrogens is 3. The van der Waals surface area contributed by atoms with Crippen LogP contribution in [0, 0.1) is 17.7 Å². The van der Waals surface area contributed by atoms with E-state index in [4.69, 9.17) is 0 Å². The van der Waals surface area contributed by atoms with Crippen LogP contribution in [0.4, 0.5) is 20.0 Å². The largest absolute Gasteiger partial charge is 0.357 e. The van der Waals surface area contributed by atoms with E-state index in [2.05, 4.69) is 32.7 Å². The molecule has 186 valence electrons. The fourth-order valence-corrected chi connectivity index (χ4v) is 4.80. The number of allylic oxidation sites excluding steroid dienone is 1. The molecule has 8 nitrogen and oxygen atoms in total. The summed E-state index contributed by atoms with van der Waals surface area (Å²) in [5, 5.41) is 17.8. The summed E-state index contributed by atoms with van der Waals surface area (Å²) < 4.78 is 16.0. The predicted molar refractivity (Wildman–Crippen MR) is 135 cm³/mol. The lowest BCUT2D eigenvalue weighted by molar-refractivity contribution is 0.251. The normalized spacial score (nSPS) is 13.9. The van der Waals surface area contributed by atoms with Crippen LogP contribution in [0.1, 0.15) is 63.8 Å². The summed E-state index contributed by atoms with van der Waals surface area (Å²) in [4.78, 5) is 24.2. The first-order chi connectivity index (χ1) is 16.3. The van der Waals surface area contributed by atoms with E-state index in [1.807, 2.05) is 13.8 Å². The van der Waals surface area contributed by atoms with Crippen LogP contribution in [0.2, 0.25) is 0 Å². The number of nitrogens with zero attached hydrogens (tertiary/aromatic N) is 3. The van der Waals surface area contributed by atoms with Gasteiger partial charge in [-0.1, -0.05) is 57.4 Å². The minimum absolute atomic E-state index is 0.190. The number of carbonyl (C=O) groups is 1. The van der Waals surface area contributed by atoms with Crippen molar-refractivity contribution in [2.24, 2.45) is 11.8 Å². The number of hydrogen-bond acceptors (Lipinski definition) is 6. The van der Waals surface area contributed by atoms with Gasteiger partial charge in [-0.15, -0.1) is 10.2 Å². The number of hydrogen-bond donors (Lipinski definition) is 3. The minimum atomic E-state index is -0.773. The van der Waals surface area contributed by atoms with E-state index >= 15 is 0 Å². The maximum Gasteiger partial charge on any atom is 0.321 e. The maximum atomic E-state index is 14.6. The van der Waals surface area contributed by atoms with Crippen molar-refractivity contribution in [1.29, 1.82) is 0 Å². The highest BCUT2D eigenvalue weighted by atomic mass is 32.1. The molecule has 0 atom stereocenters. The van der Waals surface area contributed by atoms with Crippen molar-refractivity contribution in [2.45, 2.75) is 71.8 Å². The molecule has 1 aliphatic carbocycles. The summed E-state index contributed by atoms with van der Waals surface area (Å²) in [7, 11) is 0. The molecule has 0 spiro atoms. The number of aryl methyl sites for hydroxylation is 2. The zero-order chi connectivity index (χ0) is 24.5. The lowest BCUT2D eigenvalue weighted by Crippen LogP contribution is -2.31. The van der Waals surface area contributed by atoms with Crippen molar-refractivity contribution in [3.8, 4) is 0 Å². The Morgan fingerprint density at radius 3 is 2.76 bits per heavy atom. The van der Waals surface area contributed by atoms with Gasteiger partial charge in [0.15, 0.2) is 0 Å². The number of amides is 2. The number of halogens is 1. The van der Waals surface area contributed by atoms with E-state index in [-0.39, 0.29) is 11.7 Å². The molecule has 3 rings (SSSR count). The fraction of sp³-hybridized carbons (Fsp3) is 0.583. The summed E-state index contributed by atoms with van der Waals surface area (Å²) in [6.45, 7) is 9.05. The smallest absolute Gasteiger partial charge is 0.321 e. The molecule has 2 aromatic rings. The van der Waals surface area contributed by atoms with Gasteiger partial charge in [0, 0.05) is 31.4 Å². The molecule has 0 saturated heterocycles. The van der Waals surface area contributed by atoms with Gasteiger partial charge in [0.1, 0.15) is 5.01 Å². The van der Waals surface area contributed by atoms with E-state index < -0.39 is 11.4 Å². The second kappa shape index (κ2) is 12.6. The van der Waals surface area contributed by atoms with Gasteiger partial charge in [-0.2, -0.15) is 4.39 Å². The number of carbonyl (C=O) groups excluding carboxylic acids is 1. The lowest BCUT2D eigenvalue weighted by atomic mass is 10.0. The molecule has 34 heavy (non-hydrogen) atoms. The molecule has 10 heteroatoms. The van der Waals surface area contributed by atoms with Crippen LogP contribution >= 0.6 is 11.3 Å². The number of urea groups is 1. The van der Waals surface area contributed by atoms with Crippen LogP contribution in [0.3, 0.4) is 0 Å². The van der Waals surface area contributed by atoms with Crippen LogP contribution in [0.15, 0.2) is 29.3 Å². The molecule has 0 unspecified atom stereocenters. The lowest BCUT2D eigenvalue weighted by Gasteiger charge is -2.15. The van der Waals surface area contributed by atoms with Gasteiger partial charge in [-0.25, -0.2) is 4.79 Å². The summed E-state index contributed by atoms with van der Waals surface area (Å²) in [6.07, 6.45) is 9.43. The monoisotopic (exact) mass is 490 g/mol. The van der Waals surface area contributed by atoms with Crippen molar-refractivity contribution < 1.29 is 9.18 Å². The van der Waals surface area contributed by atoms with Gasteiger partial charge in [-0.3, -0.25) is 10.1 Å². The molecule has 3 N–H and O–H groups in total. The third kappa shape index (κ3) is 7.93. The zero-order valence-electron chi connectivity index (χ0n) is 20.0. The van der Waals surface area contributed by atoms with Crippen molar-refractivity contribution in [2.75, 3.05) is 17.2 Å². The summed E-state index contributed by atoms with van der Waals surface area (Å²) >= 11 is 1.33. The first-order valence-corrected chi connectivity index (χ1v) is 12.8. The molecule has 2 aromatic heterocycles. The molecular weight excluding hydrogens is 455 g/mol. The number of unbranched alkanes of at least 4 members (excludes halogenated alkanes) is 1. The Balaban J connectivity index is 1.42. The number of pyridine rings is 1. The Kier molecular flexibility index (Phi) is 9.62. The van der Waals surface area contributed by atoms with E-state index in [1.54, 1.807) is 12.3 Å². The molecule has 2 heterocycles. The van der Waals surface area contributed by atoms with Gasteiger partial charge in [0.2, 0.25) is 10.9 Å². The van der Waals surface area contributed by atoms with Crippen molar-refractivity contribution >= 4 is 28.2 Å². The molecule has 2 amide bonds. The SMILES string of the molecule is C=C(CC1CCCC1)Nc1ccn(CCCCc2nnc(NC(=O)NCC(C)C)s2)c(=O)c1F. The van der Waals surface area contributed by atoms with Crippen LogP contribution in [-0.4, -0.2) is 27.3 Å². The van der Waals surface area contributed by atoms with Gasteiger partial charge in [0.25, 0.3) is 5.56 Å². The van der Waals surface area contributed by atoms with Crippen LogP contribution in [0.5, 0.6) is 0 Å². The molecule has 0 aromatic carbocycles. The van der Waals surface area contributed by atoms with E-state index in [1.165, 1.54) is 41.6 Å². The zero-order valence-corrected chi connectivity index (χ0v) is 20.8. The summed E-state index contributed by atoms with van der Waals surface area (Å²) in [6, 6.07) is 1.31. The van der Waals surface area contributed by atoms with Gasteiger partial charge in [-0.05, 0) is 37.2 Å². The molecule has 0 radical (unpaired) electrons. The number of anilines is 2. The van der Waals surface area contributed by atoms with Gasteiger partial charge >= 0.3 is 6.03 Å². The molecule has 1 aliphatic rings. The molecular formula is C24H35FN6O2S. The highest BCUT2D eigenvalue weighted by molar-refractivity contribution is 7.15. The third-order valence-electron chi connectivity index (χ3n) is 5.83. The van der Waals surface area contributed by atoms with Crippen molar-refractivity contribution in [3.05, 3.63) is 45.7 Å². The van der Waals surface area contributed by atoms with Crippen molar-refractivity contribution in [3.63, 3.8) is 0 Å². The standard InChI is InChI=1S/C24H35FN6O2S/c1-16(2)15-26-23(33)28-24-30-29-20(34-24)10-6-7-12-31-13-11-19(21(25)22(31)32)27-17(3)14-18-8-4-5-9-18/h11,13,16,18,27H,3-10,12,14-15H2,1-2H3,(H2,26,28,30,33). The molecule has 1 fully saturated rings. The second-order valence-corrected chi connectivity index (χ2v) is 10.4. The number of nitrogens with one attached hydrogen (secondary N) is 3. The van der Waals surface area contributed by atoms with Crippen LogP contribution in [0.25, 0.3) is 0 Å². The first-order valence-electron chi connectivity index (χ1n) is 12.0. The highest BCUT2D eigenvalue weighted by Gasteiger charge is 2.17. The van der Waals surface area contributed by atoms with Gasteiger partial charge in [0.05, 0.1) is 5.69 Å². The summed E-state index contributed by atoms with van der Waals surface area (Å²) in [5.41, 5.74) is 0.315. The van der Waals surface area contributed by atoms with Crippen molar-refractivity contribution in [1.82, 2.24) is 20.1 Å².